The van der Waals surface area contributed by atoms with Crippen LogP contribution in [0.2, 0.25) is 5.02 Å². The van der Waals surface area contributed by atoms with E-state index in [4.69, 9.17) is 11.6 Å². The number of benzene rings is 1. The topological polar surface area (TPSA) is 76.1 Å². The number of aliphatic hydroxyl groups is 1. The van der Waals surface area contributed by atoms with Crippen molar-refractivity contribution >= 4 is 29.1 Å². The van der Waals surface area contributed by atoms with E-state index in [-0.39, 0.29) is 48.0 Å². The van der Waals surface area contributed by atoms with E-state index < -0.39 is 18.4 Å². The van der Waals surface area contributed by atoms with Gasteiger partial charge in [0.2, 0.25) is 5.91 Å². The highest BCUT2D eigenvalue weighted by atomic mass is 35.5. The molecule has 7 nitrogen and oxygen atoms in total. The molecular weight excluding hydrogens is 454 g/mol. The summed E-state index contributed by atoms with van der Waals surface area (Å²) in [5.41, 5.74) is 1.04. The lowest BCUT2D eigenvalue weighted by Crippen LogP contribution is -2.60. The van der Waals surface area contributed by atoms with Crippen molar-refractivity contribution in [3.05, 3.63) is 28.8 Å². The van der Waals surface area contributed by atoms with Gasteiger partial charge in [-0.2, -0.15) is 0 Å². The summed E-state index contributed by atoms with van der Waals surface area (Å²) in [6.45, 7) is 4.30. The van der Waals surface area contributed by atoms with Gasteiger partial charge in [-0.05, 0) is 31.0 Å². The Morgan fingerprint density at radius 1 is 1.21 bits per heavy atom. The molecule has 2 N–H and O–H groups in total. The maximum Gasteiger partial charge on any atom is 0.267 e. The molecule has 1 aromatic carbocycles. The first-order valence-corrected chi connectivity index (χ1v) is 11.9. The quantitative estimate of drug-likeness (QED) is 0.649. The zero-order chi connectivity index (χ0) is 23.8. The molecule has 3 aliphatic heterocycles. The van der Waals surface area contributed by atoms with Crippen molar-refractivity contribution in [1.82, 2.24) is 14.7 Å². The van der Waals surface area contributed by atoms with Gasteiger partial charge in [-0.15, -0.1) is 0 Å². The normalized spacial score (nSPS) is 22.8. The highest BCUT2D eigenvalue weighted by Gasteiger charge is 2.41. The van der Waals surface area contributed by atoms with Gasteiger partial charge in [0.15, 0.2) is 0 Å². The zero-order valence-electron chi connectivity index (χ0n) is 18.8. The minimum atomic E-state index is -2.83. The average Bonchev–Trinajstić information content (AvgIpc) is 3.14. The Morgan fingerprint density at radius 3 is 2.48 bits per heavy atom. The van der Waals surface area contributed by atoms with Gasteiger partial charge in [-0.1, -0.05) is 18.5 Å². The molecule has 3 fully saturated rings. The first-order valence-electron chi connectivity index (χ1n) is 11.5. The second kappa shape index (κ2) is 9.72. The molecule has 33 heavy (non-hydrogen) atoms. The lowest BCUT2D eigenvalue weighted by molar-refractivity contribution is -0.138. The number of anilines is 1. The molecule has 1 atom stereocenters. The Hall–Kier alpha value is -1.97. The van der Waals surface area contributed by atoms with Crippen molar-refractivity contribution < 1.29 is 23.5 Å². The van der Waals surface area contributed by atoms with Crippen molar-refractivity contribution in [3.63, 3.8) is 0 Å². The number of hydrogen-bond donors (Lipinski definition) is 2. The molecule has 1 aromatic rings. The summed E-state index contributed by atoms with van der Waals surface area (Å²) in [6.07, 6.45) is 1.54. The van der Waals surface area contributed by atoms with Gasteiger partial charge in [-0.3, -0.25) is 14.5 Å². The average molecular weight is 485 g/mol. The minimum Gasteiger partial charge on any atom is -0.396 e. The van der Waals surface area contributed by atoms with Gasteiger partial charge < -0.3 is 20.2 Å². The van der Waals surface area contributed by atoms with Gasteiger partial charge in [-0.25, -0.2) is 8.78 Å². The second-order valence-electron chi connectivity index (χ2n) is 9.46. The lowest BCUT2D eigenvalue weighted by Gasteiger charge is -2.47. The van der Waals surface area contributed by atoms with Crippen LogP contribution in [0.25, 0.3) is 0 Å². The van der Waals surface area contributed by atoms with Gasteiger partial charge in [0.25, 0.3) is 11.8 Å². The number of amides is 2. The second-order valence-corrected chi connectivity index (χ2v) is 9.87. The summed E-state index contributed by atoms with van der Waals surface area (Å²) in [5, 5.41) is 12.9. The molecule has 1 unspecified atom stereocenters. The number of alkyl halides is 2. The third kappa shape index (κ3) is 5.41. The summed E-state index contributed by atoms with van der Waals surface area (Å²) < 4.78 is 26.8. The molecule has 3 saturated heterocycles. The number of aliphatic hydroxyl groups excluding tert-OH is 1. The summed E-state index contributed by atoms with van der Waals surface area (Å²) in [6, 6.07) is 5.74. The summed E-state index contributed by atoms with van der Waals surface area (Å²) in [4.78, 5) is 30.2. The highest BCUT2D eigenvalue weighted by Crippen LogP contribution is 2.31. The van der Waals surface area contributed by atoms with Crippen LogP contribution in [0.15, 0.2) is 18.2 Å². The van der Waals surface area contributed by atoms with E-state index in [1.54, 1.807) is 25.1 Å². The number of likely N-dealkylation sites (tertiary alicyclic amines) is 3. The number of piperidine rings is 1. The molecule has 0 aromatic heterocycles. The van der Waals surface area contributed by atoms with Crippen LogP contribution in [0.3, 0.4) is 0 Å². The number of halogens is 3. The fraction of sp³-hybridized carbons (Fsp3) is 0.652. The molecule has 10 heteroatoms. The third-order valence-corrected chi connectivity index (χ3v) is 7.24. The van der Waals surface area contributed by atoms with E-state index >= 15 is 0 Å². The molecule has 2 amide bonds. The largest absolute Gasteiger partial charge is 0.396 e. The van der Waals surface area contributed by atoms with Crippen LogP contribution in [0.1, 0.15) is 36.5 Å². The highest BCUT2D eigenvalue weighted by molar-refractivity contribution is 6.34. The number of nitrogens with zero attached hydrogens (tertiary/aromatic N) is 3. The SMILES string of the molecule is CC(CO)C(=O)N1CCC(N2CC(Nc3ccc(C(=O)N4CCC(F)(F)C4)c(Cl)c3)C2)CC1. The van der Waals surface area contributed by atoms with Crippen LogP contribution in [-0.2, 0) is 4.79 Å². The molecule has 3 aliphatic rings. The number of hydrogen-bond acceptors (Lipinski definition) is 5. The number of carbonyl (C=O) groups excluding carboxylic acids is 2. The predicted octanol–water partition coefficient (Wildman–Crippen LogP) is 2.54. The van der Waals surface area contributed by atoms with Crippen molar-refractivity contribution in [3.8, 4) is 0 Å². The van der Waals surface area contributed by atoms with Crippen molar-refractivity contribution in [2.75, 3.05) is 51.2 Å². The first kappa shape index (κ1) is 24.2. The minimum absolute atomic E-state index is 0.0244. The maximum atomic E-state index is 13.4. The third-order valence-electron chi connectivity index (χ3n) is 6.92. The van der Waals surface area contributed by atoms with Crippen LogP contribution in [0, 0.1) is 5.92 Å². The molecule has 0 aliphatic carbocycles. The standard InChI is InChI=1S/C23H31ClF2N4O3/c1-15(13-31)21(32)28-7-4-18(5-8-28)30-11-17(12-30)27-16-2-3-19(20(24)10-16)22(33)29-9-6-23(25,26)14-29/h2-3,10,15,17-18,27,31H,4-9,11-14H2,1H3. The van der Waals surface area contributed by atoms with Crippen LogP contribution < -0.4 is 5.32 Å². The number of nitrogens with one attached hydrogen (secondary N) is 1. The van der Waals surface area contributed by atoms with E-state index in [0.29, 0.717) is 6.04 Å². The zero-order valence-corrected chi connectivity index (χ0v) is 19.5. The molecule has 0 saturated carbocycles. The molecule has 0 spiro atoms. The molecule has 0 radical (unpaired) electrons. The smallest absolute Gasteiger partial charge is 0.267 e. The Kier molecular flexibility index (Phi) is 7.12. The van der Waals surface area contributed by atoms with E-state index in [1.807, 2.05) is 4.90 Å². The number of carbonyl (C=O) groups is 2. The van der Waals surface area contributed by atoms with Crippen molar-refractivity contribution in [1.29, 1.82) is 0 Å². The van der Waals surface area contributed by atoms with Crippen LogP contribution >= 0.6 is 11.6 Å². The van der Waals surface area contributed by atoms with Crippen molar-refractivity contribution in [2.24, 2.45) is 5.92 Å². The Bertz CT molecular complexity index is 888. The van der Waals surface area contributed by atoms with Crippen LogP contribution in [-0.4, -0.2) is 95.5 Å². The van der Waals surface area contributed by atoms with E-state index in [2.05, 4.69) is 10.2 Å². The molecule has 0 bridgehead atoms. The first-order chi connectivity index (χ1) is 15.7. The van der Waals surface area contributed by atoms with Crippen molar-refractivity contribution in [2.45, 2.75) is 44.2 Å². The van der Waals surface area contributed by atoms with Gasteiger partial charge in [0.05, 0.1) is 35.7 Å². The maximum absolute atomic E-state index is 13.4. The Labute approximate surface area is 197 Å². The van der Waals surface area contributed by atoms with E-state index in [9.17, 15) is 23.5 Å². The molecule has 182 valence electrons. The fourth-order valence-electron chi connectivity index (χ4n) is 4.84. The van der Waals surface area contributed by atoms with Gasteiger partial charge >= 0.3 is 0 Å². The predicted molar refractivity (Wildman–Crippen MR) is 122 cm³/mol. The number of rotatable bonds is 6. The summed E-state index contributed by atoms with van der Waals surface area (Å²) in [7, 11) is 0. The molecular formula is C23H31ClF2N4O3. The monoisotopic (exact) mass is 484 g/mol. The van der Waals surface area contributed by atoms with Gasteiger partial charge in [0.1, 0.15) is 0 Å². The van der Waals surface area contributed by atoms with Crippen LogP contribution in [0.5, 0.6) is 0 Å². The fourth-order valence-corrected chi connectivity index (χ4v) is 5.10. The lowest BCUT2D eigenvalue weighted by atomic mass is 9.96. The Morgan fingerprint density at radius 2 is 1.91 bits per heavy atom. The summed E-state index contributed by atoms with van der Waals surface area (Å²) >= 11 is 6.31. The van der Waals surface area contributed by atoms with Gasteiger partial charge in [0, 0.05) is 50.9 Å². The molecule has 3 heterocycles. The van der Waals surface area contributed by atoms with E-state index in [0.717, 1.165) is 49.6 Å². The van der Waals surface area contributed by atoms with Crippen LogP contribution in [0.4, 0.5) is 14.5 Å². The summed E-state index contributed by atoms with van der Waals surface area (Å²) in [5.74, 6) is -3.61. The van der Waals surface area contributed by atoms with E-state index in [1.165, 1.54) is 0 Å². The Balaban J connectivity index is 1.24. The molecule has 4 rings (SSSR count).